The van der Waals surface area contributed by atoms with Crippen molar-refractivity contribution in [3.05, 3.63) is 59.7 Å². The molecule has 0 bridgehead atoms. The Bertz CT molecular complexity index is 784. The first kappa shape index (κ1) is 19.2. The van der Waals surface area contributed by atoms with Crippen molar-refractivity contribution in [2.45, 2.75) is 6.92 Å². The highest BCUT2D eigenvalue weighted by Crippen LogP contribution is 2.16. The number of carbonyl (C=O) groups excluding carboxylic acids is 2. The van der Waals surface area contributed by atoms with Crippen LogP contribution in [0.4, 0.5) is 19.3 Å². The number of urea groups is 1. The van der Waals surface area contributed by atoms with Gasteiger partial charge in [0, 0.05) is 6.07 Å². The third kappa shape index (κ3) is 5.44. The summed E-state index contributed by atoms with van der Waals surface area (Å²) >= 11 is 0. The normalized spacial score (nSPS) is 10.1. The first-order chi connectivity index (χ1) is 12.5. The number of esters is 1. The number of nitrogens with one attached hydrogen (secondary N) is 2. The number of anilines is 1. The Hall–Kier alpha value is -3.16. The molecule has 2 N–H and O–H groups in total. The molecule has 0 aromatic heterocycles. The van der Waals surface area contributed by atoms with Crippen LogP contribution in [0.5, 0.6) is 5.75 Å². The number of para-hydroxylation sites is 1. The molecule has 0 saturated carbocycles. The molecule has 2 aromatic carbocycles. The zero-order valence-electron chi connectivity index (χ0n) is 14.1. The summed E-state index contributed by atoms with van der Waals surface area (Å²) in [6, 6.07) is 9.06. The molecule has 6 nitrogen and oxygen atoms in total. The zero-order chi connectivity index (χ0) is 18.9. The second-order valence-corrected chi connectivity index (χ2v) is 5.07. The SMILES string of the molecule is CCOC(=O)c1ccccc1NC(=O)NCCOc1ccc(F)c(F)c1. The van der Waals surface area contributed by atoms with Gasteiger partial charge in [-0.2, -0.15) is 0 Å². The van der Waals surface area contributed by atoms with Crippen LogP contribution >= 0.6 is 0 Å². The molecule has 0 aliphatic carbocycles. The van der Waals surface area contributed by atoms with Crippen molar-refractivity contribution < 1.29 is 27.8 Å². The third-order valence-corrected chi connectivity index (χ3v) is 3.22. The molecule has 0 saturated heterocycles. The fraction of sp³-hybridized carbons (Fsp3) is 0.222. The number of hydrogen-bond acceptors (Lipinski definition) is 4. The van der Waals surface area contributed by atoms with E-state index in [9.17, 15) is 18.4 Å². The highest BCUT2D eigenvalue weighted by Gasteiger charge is 2.13. The highest BCUT2D eigenvalue weighted by molar-refractivity contribution is 6.00. The smallest absolute Gasteiger partial charge is 0.340 e. The molecule has 138 valence electrons. The number of hydrogen-bond donors (Lipinski definition) is 2. The second-order valence-electron chi connectivity index (χ2n) is 5.07. The van der Waals surface area contributed by atoms with Gasteiger partial charge in [0.25, 0.3) is 0 Å². The van der Waals surface area contributed by atoms with E-state index in [4.69, 9.17) is 9.47 Å². The van der Waals surface area contributed by atoms with E-state index in [1.165, 1.54) is 6.07 Å². The molecule has 0 aliphatic rings. The van der Waals surface area contributed by atoms with E-state index in [0.29, 0.717) is 5.69 Å². The van der Waals surface area contributed by atoms with E-state index in [2.05, 4.69) is 10.6 Å². The molecule has 0 atom stereocenters. The molecule has 2 rings (SSSR count). The van der Waals surface area contributed by atoms with Crippen LogP contribution in [-0.4, -0.2) is 31.8 Å². The molecule has 0 radical (unpaired) electrons. The fourth-order valence-electron chi connectivity index (χ4n) is 2.05. The Morgan fingerprint density at radius 3 is 2.58 bits per heavy atom. The summed E-state index contributed by atoms with van der Waals surface area (Å²) in [6.45, 7) is 2.08. The predicted molar refractivity (Wildman–Crippen MR) is 91.3 cm³/mol. The topological polar surface area (TPSA) is 76.7 Å². The number of benzene rings is 2. The Balaban J connectivity index is 1.82. The maximum atomic E-state index is 13.0. The van der Waals surface area contributed by atoms with Crippen LogP contribution in [0.3, 0.4) is 0 Å². The van der Waals surface area contributed by atoms with Gasteiger partial charge in [-0.1, -0.05) is 12.1 Å². The monoisotopic (exact) mass is 364 g/mol. The third-order valence-electron chi connectivity index (χ3n) is 3.22. The molecule has 2 amide bonds. The largest absolute Gasteiger partial charge is 0.492 e. The lowest BCUT2D eigenvalue weighted by molar-refractivity contribution is 0.0527. The van der Waals surface area contributed by atoms with Crippen molar-refractivity contribution in [2.75, 3.05) is 25.1 Å². The maximum Gasteiger partial charge on any atom is 0.340 e. The van der Waals surface area contributed by atoms with Gasteiger partial charge in [0.2, 0.25) is 0 Å². The standard InChI is InChI=1S/C18H18F2N2O4/c1-2-25-17(23)13-5-3-4-6-16(13)22-18(24)21-9-10-26-12-7-8-14(19)15(20)11-12/h3-8,11H,2,9-10H2,1H3,(H2,21,22,24). The molecule has 0 fully saturated rings. The Labute approximate surface area is 149 Å². The van der Waals surface area contributed by atoms with Gasteiger partial charge in [-0.05, 0) is 31.2 Å². The van der Waals surface area contributed by atoms with Crippen LogP contribution in [-0.2, 0) is 4.74 Å². The van der Waals surface area contributed by atoms with E-state index in [0.717, 1.165) is 12.1 Å². The van der Waals surface area contributed by atoms with Crippen LogP contribution in [0.2, 0.25) is 0 Å². The van der Waals surface area contributed by atoms with Crippen molar-refractivity contribution in [2.24, 2.45) is 0 Å². The van der Waals surface area contributed by atoms with Crippen molar-refractivity contribution >= 4 is 17.7 Å². The van der Waals surface area contributed by atoms with E-state index in [1.54, 1.807) is 31.2 Å². The molecule has 0 unspecified atom stereocenters. The molecule has 0 aliphatic heterocycles. The Morgan fingerprint density at radius 1 is 1.08 bits per heavy atom. The minimum absolute atomic E-state index is 0.0536. The van der Waals surface area contributed by atoms with E-state index in [-0.39, 0.29) is 31.1 Å². The summed E-state index contributed by atoms with van der Waals surface area (Å²) in [5, 5.41) is 5.08. The van der Waals surface area contributed by atoms with Gasteiger partial charge in [0.15, 0.2) is 11.6 Å². The molecular weight excluding hydrogens is 346 g/mol. The minimum Gasteiger partial charge on any atom is -0.492 e. The van der Waals surface area contributed by atoms with Crippen molar-refractivity contribution in [1.29, 1.82) is 0 Å². The molecular formula is C18H18F2N2O4. The summed E-state index contributed by atoms with van der Waals surface area (Å²) in [6.07, 6.45) is 0. The lowest BCUT2D eigenvalue weighted by Crippen LogP contribution is -2.32. The quantitative estimate of drug-likeness (QED) is 0.584. The van der Waals surface area contributed by atoms with Gasteiger partial charge in [0.1, 0.15) is 12.4 Å². The second kappa shape index (κ2) is 9.36. The number of halogens is 2. The summed E-state index contributed by atoms with van der Waals surface area (Å²) in [7, 11) is 0. The highest BCUT2D eigenvalue weighted by atomic mass is 19.2. The number of ether oxygens (including phenoxy) is 2. The van der Waals surface area contributed by atoms with Crippen molar-refractivity contribution in [3.8, 4) is 5.75 Å². The average Bonchev–Trinajstić information content (AvgIpc) is 2.62. The van der Waals surface area contributed by atoms with Gasteiger partial charge in [0.05, 0.1) is 24.4 Å². The van der Waals surface area contributed by atoms with Gasteiger partial charge >= 0.3 is 12.0 Å². The first-order valence-electron chi connectivity index (χ1n) is 7.90. The van der Waals surface area contributed by atoms with E-state index < -0.39 is 23.6 Å². The first-order valence-corrected chi connectivity index (χ1v) is 7.90. The van der Waals surface area contributed by atoms with Crippen LogP contribution < -0.4 is 15.4 Å². The summed E-state index contributed by atoms with van der Waals surface area (Å²) in [5.41, 5.74) is 0.549. The lowest BCUT2D eigenvalue weighted by atomic mass is 10.2. The van der Waals surface area contributed by atoms with Crippen molar-refractivity contribution in [1.82, 2.24) is 5.32 Å². The predicted octanol–water partition coefficient (Wildman–Crippen LogP) is 3.34. The van der Waals surface area contributed by atoms with Crippen LogP contribution in [0, 0.1) is 11.6 Å². The Morgan fingerprint density at radius 2 is 1.85 bits per heavy atom. The van der Waals surface area contributed by atoms with E-state index >= 15 is 0 Å². The minimum atomic E-state index is -1.01. The van der Waals surface area contributed by atoms with E-state index in [1.807, 2.05) is 0 Å². The number of amides is 2. The van der Waals surface area contributed by atoms with Gasteiger partial charge in [-0.25, -0.2) is 18.4 Å². The fourth-order valence-corrected chi connectivity index (χ4v) is 2.05. The van der Waals surface area contributed by atoms with Gasteiger partial charge in [-0.15, -0.1) is 0 Å². The zero-order valence-corrected chi connectivity index (χ0v) is 14.1. The summed E-state index contributed by atoms with van der Waals surface area (Å²) in [5.74, 6) is -2.36. The molecule has 2 aromatic rings. The molecule has 26 heavy (non-hydrogen) atoms. The number of carbonyl (C=O) groups is 2. The van der Waals surface area contributed by atoms with Crippen molar-refractivity contribution in [3.63, 3.8) is 0 Å². The molecule has 0 spiro atoms. The summed E-state index contributed by atoms with van der Waals surface area (Å²) < 4.78 is 36.0. The summed E-state index contributed by atoms with van der Waals surface area (Å²) in [4.78, 5) is 23.8. The van der Waals surface area contributed by atoms with Gasteiger partial charge in [-0.3, -0.25) is 0 Å². The maximum absolute atomic E-state index is 13.0. The average molecular weight is 364 g/mol. The molecule has 0 heterocycles. The molecule has 8 heteroatoms. The van der Waals surface area contributed by atoms with Crippen LogP contribution in [0.25, 0.3) is 0 Å². The lowest BCUT2D eigenvalue weighted by Gasteiger charge is -2.12. The van der Waals surface area contributed by atoms with Crippen LogP contribution in [0.1, 0.15) is 17.3 Å². The number of rotatable bonds is 7. The van der Waals surface area contributed by atoms with Crippen LogP contribution in [0.15, 0.2) is 42.5 Å². The Kier molecular flexibility index (Phi) is 6.90. The van der Waals surface area contributed by atoms with Gasteiger partial charge < -0.3 is 20.1 Å².